The predicted octanol–water partition coefficient (Wildman–Crippen LogP) is 4.36. The van der Waals surface area contributed by atoms with Crippen LogP contribution in [-0.4, -0.2) is 44.4 Å². The van der Waals surface area contributed by atoms with Crippen LogP contribution in [0.15, 0.2) is 58.4 Å². The van der Waals surface area contributed by atoms with Gasteiger partial charge in [-0.05, 0) is 40.9 Å². The monoisotopic (exact) mass is 471 g/mol. The Kier molecular flexibility index (Phi) is 6.75. The van der Waals surface area contributed by atoms with E-state index in [1.54, 1.807) is 11.6 Å². The molecule has 31 heavy (non-hydrogen) atoms. The predicted molar refractivity (Wildman–Crippen MR) is 122 cm³/mol. The topological polar surface area (TPSA) is 99.0 Å². The number of rotatable bonds is 8. The third-order valence-electron chi connectivity index (χ3n) is 4.08. The van der Waals surface area contributed by atoms with Gasteiger partial charge in [-0.25, -0.2) is 4.79 Å². The molecule has 11 heteroatoms. The number of thiophene rings is 2. The highest BCUT2D eigenvalue weighted by atomic mass is 32.2. The highest BCUT2D eigenvalue weighted by molar-refractivity contribution is 7.99. The Morgan fingerprint density at radius 2 is 2.00 bits per heavy atom. The maximum Gasteiger partial charge on any atom is 0.341 e. The van der Waals surface area contributed by atoms with Crippen molar-refractivity contribution < 1.29 is 14.3 Å². The van der Waals surface area contributed by atoms with Crippen LogP contribution in [-0.2, 0) is 9.53 Å². The van der Waals surface area contributed by atoms with E-state index in [9.17, 15) is 9.59 Å². The van der Waals surface area contributed by atoms with Gasteiger partial charge in [0.25, 0.3) is 0 Å². The molecule has 0 fully saturated rings. The van der Waals surface area contributed by atoms with Crippen LogP contribution < -0.4 is 5.32 Å². The fraction of sp³-hybridized carbons (Fsp3) is 0.150. The van der Waals surface area contributed by atoms with Crippen molar-refractivity contribution in [3.05, 3.63) is 58.8 Å². The van der Waals surface area contributed by atoms with E-state index in [2.05, 4.69) is 20.8 Å². The lowest BCUT2D eigenvalue weighted by atomic mass is 10.1. The van der Waals surface area contributed by atoms with Gasteiger partial charge in [-0.15, -0.1) is 27.8 Å². The highest BCUT2D eigenvalue weighted by Gasteiger charge is 2.23. The van der Waals surface area contributed by atoms with Crippen molar-refractivity contribution >= 4 is 51.3 Å². The summed E-state index contributed by atoms with van der Waals surface area (Å²) in [4.78, 5) is 26.1. The number of hydrogen-bond donors (Lipinski definition) is 1. The number of benzene rings is 1. The zero-order valence-corrected chi connectivity index (χ0v) is 18.8. The molecule has 0 aliphatic carbocycles. The number of nitrogens with one attached hydrogen (secondary N) is 1. The van der Waals surface area contributed by atoms with Gasteiger partial charge in [0, 0.05) is 15.8 Å². The molecule has 0 spiro atoms. The zero-order chi connectivity index (χ0) is 21.6. The summed E-state index contributed by atoms with van der Waals surface area (Å²) in [5.41, 5.74) is 1.94. The van der Waals surface area contributed by atoms with E-state index >= 15 is 0 Å². The van der Waals surface area contributed by atoms with Crippen molar-refractivity contribution in [1.29, 1.82) is 0 Å². The first-order chi connectivity index (χ1) is 15.2. The Hall–Kier alpha value is -3.02. The van der Waals surface area contributed by atoms with Crippen LogP contribution >= 0.6 is 34.4 Å². The van der Waals surface area contributed by atoms with Gasteiger partial charge in [0.05, 0.1) is 18.0 Å². The molecule has 0 unspecified atom stereocenters. The van der Waals surface area contributed by atoms with Crippen molar-refractivity contribution in [3.8, 4) is 16.1 Å². The molecule has 158 valence electrons. The van der Waals surface area contributed by atoms with Gasteiger partial charge < -0.3 is 10.1 Å². The summed E-state index contributed by atoms with van der Waals surface area (Å²) in [7, 11) is 0. The van der Waals surface area contributed by atoms with Crippen molar-refractivity contribution in [3.63, 3.8) is 0 Å². The van der Waals surface area contributed by atoms with Gasteiger partial charge in [-0.1, -0.05) is 36.0 Å². The van der Waals surface area contributed by atoms with E-state index < -0.39 is 5.97 Å². The largest absolute Gasteiger partial charge is 0.462 e. The number of carbonyl (C=O) groups is 2. The van der Waals surface area contributed by atoms with Gasteiger partial charge >= 0.3 is 5.97 Å². The normalized spacial score (nSPS) is 10.7. The summed E-state index contributed by atoms with van der Waals surface area (Å²) >= 11 is 4.03. The molecule has 4 aromatic rings. The molecule has 4 rings (SSSR count). The van der Waals surface area contributed by atoms with Crippen LogP contribution in [0.4, 0.5) is 5.00 Å². The number of nitrogens with zero attached hydrogens (tertiary/aromatic N) is 4. The van der Waals surface area contributed by atoms with Crippen LogP contribution in [0.3, 0.4) is 0 Å². The van der Waals surface area contributed by atoms with Gasteiger partial charge in [-0.2, -0.15) is 4.68 Å². The maximum atomic E-state index is 12.6. The molecule has 1 aromatic carbocycles. The molecule has 0 aliphatic heterocycles. The number of tetrazole rings is 1. The number of amides is 1. The lowest BCUT2D eigenvalue weighted by molar-refractivity contribution is -0.113. The molecule has 0 aliphatic rings. The van der Waals surface area contributed by atoms with E-state index in [1.807, 2.05) is 53.2 Å². The van der Waals surface area contributed by atoms with Crippen LogP contribution in [0.2, 0.25) is 0 Å². The number of ether oxygens (including phenoxy) is 1. The Labute approximate surface area is 190 Å². The molecule has 3 heterocycles. The fourth-order valence-electron chi connectivity index (χ4n) is 2.76. The maximum absolute atomic E-state index is 12.6. The molecule has 1 amide bonds. The van der Waals surface area contributed by atoms with Gasteiger partial charge in [-0.3, -0.25) is 4.79 Å². The molecule has 0 atom stereocenters. The van der Waals surface area contributed by atoms with Gasteiger partial charge in [0.2, 0.25) is 11.1 Å². The summed E-state index contributed by atoms with van der Waals surface area (Å²) in [5.74, 6) is -0.636. The fourth-order valence-corrected chi connectivity index (χ4v) is 5.24. The molecule has 0 saturated heterocycles. The van der Waals surface area contributed by atoms with E-state index in [4.69, 9.17) is 4.74 Å². The third-order valence-corrected chi connectivity index (χ3v) is 6.80. The van der Waals surface area contributed by atoms with Gasteiger partial charge in [0.1, 0.15) is 10.6 Å². The Morgan fingerprint density at radius 1 is 1.16 bits per heavy atom. The van der Waals surface area contributed by atoms with E-state index in [1.165, 1.54) is 34.4 Å². The van der Waals surface area contributed by atoms with Crippen molar-refractivity contribution in [2.24, 2.45) is 0 Å². The molecule has 0 bridgehead atoms. The molecule has 3 aromatic heterocycles. The minimum Gasteiger partial charge on any atom is -0.462 e. The van der Waals surface area contributed by atoms with Crippen LogP contribution in [0.5, 0.6) is 0 Å². The SMILES string of the molecule is CCOC(=O)c1c(-c2cccs2)csc1NC(=O)CSc1nnnn1-c1ccccc1. The second kappa shape index (κ2) is 9.86. The Balaban J connectivity index is 1.49. The number of esters is 1. The van der Waals surface area contributed by atoms with Crippen LogP contribution in [0, 0.1) is 0 Å². The van der Waals surface area contributed by atoms with E-state index in [0.717, 1.165) is 16.1 Å². The van der Waals surface area contributed by atoms with Crippen molar-refractivity contribution in [2.75, 3.05) is 17.7 Å². The zero-order valence-electron chi connectivity index (χ0n) is 16.3. The summed E-state index contributed by atoms with van der Waals surface area (Å²) in [6, 6.07) is 13.3. The molecule has 8 nitrogen and oxygen atoms in total. The Bertz CT molecular complexity index is 1170. The summed E-state index contributed by atoms with van der Waals surface area (Å²) in [6.07, 6.45) is 0. The number of hydrogen-bond acceptors (Lipinski definition) is 9. The minimum absolute atomic E-state index is 0.0850. The molecule has 0 saturated carbocycles. The minimum atomic E-state index is -0.455. The first-order valence-corrected chi connectivity index (χ1v) is 12.0. The van der Waals surface area contributed by atoms with Crippen molar-refractivity contribution in [1.82, 2.24) is 20.2 Å². The second-order valence-electron chi connectivity index (χ2n) is 6.10. The summed E-state index contributed by atoms with van der Waals surface area (Å²) in [5, 5.41) is 19.3. The van der Waals surface area contributed by atoms with Crippen LogP contribution in [0.25, 0.3) is 16.1 Å². The standard InChI is InChI=1S/C20H17N5O3S3/c1-2-28-19(27)17-14(15-9-6-10-29-15)11-30-18(17)21-16(26)12-31-20-22-23-24-25(20)13-7-4-3-5-8-13/h3-11H,2,12H2,1H3,(H,21,26). The van der Waals surface area contributed by atoms with E-state index in [0.29, 0.717) is 15.7 Å². The second-order valence-corrected chi connectivity index (χ2v) is 8.87. The molecule has 1 N–H and O–H groups in total. The number of aromatic nitrogens is 4. The number of thioether (sulfide) groups is 1. The van der Waals surface area contributed by atoms with Crippen molar-refractivity contribution in [2.45, 2.75) is 12.1 Å². The molecular formula is C20H17N5O3S3. The third kappa shape index (κ3) is 4.84. The Morgan fingerprint density at radius 3 is 2.74 bits per heavy atom. The number of anilines is 1. The first kappa shape index (κ1) is 21.2. The molecule has 0 radical (unpaired) electrons. The lowest BCUT2D eigenvalue weighted by Crippen LogP contribution is -2.16. The number of carbonyl (C=O) groups excluding carboxylic acids is 2. The quantitative estimate of drug-likeness (QED) is 0.301. The first-order valence-electron chi connectivity index (χ1n) is 9.26. The average molecular weight is 472 g/mol. The smallest absolute Gasteiger partial charge is 0.341 e. The van der Waals surface area contributed by atoms with E-state index in [-0.39, 0.29) is 18.3 Å². The average Bonchev–Trinajstić information content (AvgIpc) is 3.53. The highest BCUT2D eigenvalue weighted by Crippen LogP contribution is 2.38. The lowest BCUT2D eigenvalue weighted by Gasteiger charge is -2.08. The summed E-state index contributed by atoms with van der Waals surface area (Å²) in [6.45, 7) is 2.00. The summed E-state index contributed by atoms with van der Waals surface area (Å²) < 4.78 is 6.79. The number of para-hydroxylation sites is 1. The molecular weight excluding hydrogens is 454 g/mol. The van der Waals surface area contributed by atoms with Gasteiger partial charge in [0.15, 0.2) is 0 Å². The van der Waals surface area contributed by atoms with Crippen LogP contribution in [0.1, 0.15) is 17.3 Å².